The lowest BCUT2D eigenvalue weighted by atomic mass is 10.0. The molecule has 1 N–H and O–H groups in total. The van der Waals surface area contributed by atoms with Gasteiger partial charge in [0, 0.05) is 6.42 Å². The molecule has 0 aromatic rings. The summed E-state index contributed by atoms with van der Waals surface area (Å²) in [6.07, 6.45) is 8.76. The maximum atomic E-state index is 9.37. The van der Waals surface area contributed by atoms with Gasteiger partial charge in [0.2, 0.25) is 0 Å². The topological polar surface area (TPSA) is 20.2 Å². The van der Waals surface area contributed by atoms with Crippen LogP contribution in [0.5, 0.6) is 0 Å². The summed E-state index contributed by atoms with van der Waals surface area (Å²) in [6.45, 7) is 4.07. The molecule has 0 amide bonds. The summed E-state index contributed by atoms with van der Waals surface area (Å²) < 4.78 is 0. The Morgan fingerprint density at radius 3 is 2.45 bits per heavy atom. The van der Waals surface area contributed by atoms with Gasteiger partial charge in [0.15, 0.2) is 0 Å². The van der Waals surface area contributed by atoms with Crippen LogP contribution in [0.25, 0.3) is 0 Å². The summed E-state index contributed by atoms with van der Waals surface area (Å²) in [6, 6.07) is 0. The van der Waals surface area contributed by atoms with E-state index in [2.05, 4.69) is 5.92 Å². The lowest BCUT2D eigenvalue weighted by molar-refractivity contribution is 0.113. The second kappa shape index (κ2) is 6.24. The Hall–Kier alpha value is -0.480. The summed E-state index contributed by atoms with van der Waals surface area (Å²) in [5, 5.41) is 9.37. The summed E-state index contributed by atoms with van der Waals surface area (Å²) in [4.78, 5) is 0. The van der Waals surface area contributed by atoms with Crippen LogP contribution in [-0.2, 0) is 0 Å². The van der Waals surface area contributed by atoms with Crippen LogP contribution in [0.3, 0.4) is 0 Å². The standard InChI is InChI=1S/C10H18O/c1-4-5-6-7-8-10(11)9(2)3/h1,9-11H,5-8H2,2-3H3. The summed E-state index contributed by atoms with van der Waals surface area (Å²) >= 11 is 0. The van der Waals surface area contributed by atoms with Crippen LogP contribution in [0.2, 0.25) is 0 Å². The largest absolute Gasteiger partial charge is 0.393 e. The number of rotatable bonds is 5. The zero-order chi connectivity index (χ0) is 8.69. The van der Waals surface area contributed by atoms with Gasteiger partial charge >= 0.3 is 0 Å². The minimum atomic E-state index is -0.146. The van der Waals surface area contributed by atoms with Crippen molar-refractivity contribution < 1.29 is 5.11 Å². The van der Waals surface area contributed by atoms with E-state index in [9.17, 15) is 5.11 Å². The molecule has 0 heterocycles. The van der Waals surface area contributed by atoms with Crippen molar-refractivity contribution in [3.63, 3.8) is 0 Å². The van der Waals surface area contributed by atoms with Crippen LogP contribution in [0, 0.1) is 18.3 Å². The second-order valence-electron chi connectivity index (χ2n) is 3.26. The first-order chi connectivity index (χ1) is 5.18. The van der Waals surface area contributed by atoms with Crippen LogP contribution in [-0.4, -0.2) is 11.2 Å². The molecule has 0 fully saturated rings. The Morgan fingerprint density at radius 2 is 2.00 bits per heavy atom. The molecule has 0 aliphatic rings. The van der Waals surface area contributed by atoms with Gasteiger partial charge in [-0.25, -0.2) is 0 Å². The van der Waals surface area contributed by atoms with Gasteiger partial charge in [0.1, 0.15) is 0 Å². The van der Waals surface area contributed by atoms with E-state index in [1.165, 1.54) is 0 Å². The number of hydrogen-bond donors (Lipinski definition) is 1. The van der Waals surface area contributed by atoms with Crippen LogP contribution < -0.4 is 0 Å². The highest BCUT2D eigenvalue weighted by molar-refractivity contribution is 4.82. The SMILES string of the molecule is C#CCCCCC(O)C(C)C. The Kier molecular flexibility index (Phi) is 5.97. The van der Waals surface area contributed by atoms with Gasteiger partial charge in [-0.05, 0) is 25.2 Å². The van der Waals surface area contributed by atoms with Gasteiger partial charge in [-0.1, -0.05) is 13.8 Å². The number of aliphatic hydroxyl groups is 1. The highest BCUT2D eigenvalue weighted by Crippen LogP contribution is 2.10. The Balaban J connectivity index is 3.19. The smallest absolute Gasteiger partial charge is 0.0563 e. The molecule has 1 unspecified atom stereocenters. The lowest BCUT2D eigenvalue weighted by Crippen LogP contribution is -2.13. The highest BCUT2D eigenvalue weighted by atomic mass is 16.3. The summed E-state index contributed by atoms with van der Waals surface area (Å²) in [7, 11) is 0. The first kappa shape index (κ1) is 10.5. The van der Waals surface area contributed by atoms with Gasteiger partial charge in [-0.3, -0.25) is 0 Å². The Labute approximate surface area is 69.8 Å². The van der Waals surface area contributed by atoms with E-state index >= 15 is 0 Å². The van der Waals surface area contributed by atoms with Crippen molar-refractivity contribution in [3.8, 4) is 12.3 Å². The van der Waals surface area contributed by atoms with E-state index in [4.69, 9.17) is 6.42 Å². The Morgan fingerprint density at radius 1 is 1.36 bits per heavy atom. The molecule has 0 aliphatic carbocycles. The molecule has 0 aromatic heterocycles. The molecule has 0 spiro atoms. The van der Waals surface area contributed by atoms with E-state index < -0.39 is 0 Å². The van der Waals surface area contributed by atoms with Crippen LogP contribution >= 0.6 is 0 Å². The maximum Gasteiger partial charge on any atom is 0.0563 e. The van der Waals surface area contributed by atoms with Crippen molar-refractivity contribution in [2.45, 2.75) is 45.6 Å². The first-order valence-corrected chi connectivity index (χ1v) is 4.30. The van der Waals surface area contributed by atoms with E-state index in [0.29, 0.717) is 5.92 Å². The molecule has 0 rings (SSSR count). The van der Waals surface area contributed by atoms with E-state index in [-0.39, 0.29) is 6.10 Å². The van der Waals surface area contributed by atoms with Crippen LogP contribution in [0.1, 0.15) is 39.5 Å². The number of aliphatic hydroxyl groups excluding tert-OH is 1. The molecule has 0 bridgehead atoms. The fourth-order valence-corrected chi connectivity index (χ4v) is 0.914. The number of hydrogen-bond acceptors (Lipinski definition) is 1. The average molecular weight is 154 g/mol. The van der Waals surface area contributed by atoms with Crippen molar-refractivity contribution in [1.29, 1.82) is 0 Å². The predicted octanol–water partition coefficient (Wildman–Crippen LogP) is 2.20. The van der Waals surface area contributed by atoms with Crippen LogP contribution in [0.4, 0.5) is 0 Å². The molecule has 0 aromatic carbocycles. The quantitative estimate of drug-likeness (QED) is 0.475. The van der Waals surface area contributed by atoms with Gasteiger partial charge in [0.05, 0.1) is 6.10 Å². The zero-order valence-electron chi connectivity index (χ0n) is 7.51. The number of terminal acetylenes is 1. The van der Waals surface area contributed by atoms with Crippen molar-refractivity contribution in [2.75, 3.05) is 0 Å². The average Bonchev–Trinajstić information content (AvgIpc) is 1.97. The molecular weight excluding hydrogens is 136 g/mol. The molecule has 0 aliphatic heterocycles. The van der Waals surface area contributed by atoms with Crippen LogP contribution in [0.15, 0.2) is 0 Å². The molecule has 0 saturated heterocycles. The zero-order valence-corrected chi connectivity index (χ0v) is 7.51. The molecule has 64 valence electrons. The molecule has 1 atom stereocenters. The maximum absolute atomic E-state index is 9.37. The van der Waals surface area contributed by atoms with Crippen molar-refractivity contribution in [3.05, 3.63) is 0 Å². The first-order valence-electron chi connectivity index (χ1n) is 4.30. The third-order valence-electron chi connectivity index (χ3n) is 1.84. The normalized spacial score (nSPS) is 13.0. The lowest BCUT2D eigenvalue weighted by Gasteiger charge is -2.12. The number of unbranched alkanes of at least 4 members (excludes halogenated alkanes) is 2. The predicted molar refractivity (Wildman–Crippen MR) is 48.1 cm³/mol. The minimum absolute atomic E-state index is 0.146. The van der Waals surface area contributed by atoms with Crippen molar-refractivity contribution >= 4 is 0 Å². The molecule has 1 nitrogen and oxygen atoms in total. The monoisotopic (exact) mass is 154 g/mol. The van der Waals surface area contributed by atoms with Gasteiger partial charge in [-0.15, -0.1) is 12.3 Å². The fraction of sp³-hybridized carbons (Fsp3) is 0.800. The van der Waals surface area contributed by atoms with Gasteiger partial charge < -0.3 is 5.11 Å². The molecule has 1 heteroatoms. The highest BCUT2D eigenvalue weighted by Gasteiger charge is 2.07. The van der Waals surface area contributed by atoms with Gasteiger partial charge in [-0.2, -0.15) is 0 Å². The van der Waals surface area contributed by atoms with E-state index in [0.717, 1.165) is 25.7 Å². The molecule has 11 heavy (non-hydrogen) atoms. The third-order valence-corrected chi connectivity index (χ3v) is 1.84. The summed E-state index contributed by atoms with van der Waals surface area (Å²) in [5.74, 6) is 2.96. The van der Waals surface area contributed by atoms with Gasteiger partial charge in [0.25, 0.3) is 0 Å². The fourth-order valence-electron chi connectivity index (χ4n) is 0.914. The third kappa shape index (κ3) is 5.94. The minimum Gasteiger partial charge on any atom is -0.393 e. The molecular formula is C10H18O. The summed E-state index contributed by atoms with van der Waals surface area (Å²) in [5.41, 5.74) is 0. The van der Waals surface area contributed by atoms with Crippen molar-refractivity contribution in [1.82, 2.24) is 0 Å². The van der Waals surface area contributed by atoms with E-state index in [1.54, 1.807) is 0 Å². The second-order valence-corrected chi connectivity index (χ2v) is 3.26. The molecule has 0 saturated carbocycles. The molecule has 0 radical (unpaired) electrons. The van der Waals surface area contributed by atoms with E-state index in [1.807, 2.05) is 13.8 Å². The van der Waals surface area contributed by atoms with Crippen molar-refractivity contribution in [2.24, 2.45) is 5.92 Å². The Bertz CT molecular complexity index is 121.